The number of aryl methyl sites for hydroxylation is 1. The number of halogens is 2. The van der Waals surface area contributed by atoms with Crippen LogP contribution in [0.3, 0.4) is 0 Å². The second-order valence-electron chi connectivity index (χ2n) is 8.67. The van der Waals surface area contributed by atoms with E-state index in [4.69, 9.17) is 14.2 Å². The zero-order valence-corrected chi connectivity index (χ0v) is 22.6. The van der Waals surface area contributed by atoms with Crippen molar-refractivity contribution in [3.05, 3.63) is 65.4 Å². The molecule has 1 unspecified atom stereocenters. The van der Waals surface area contributed by atoms with Crippen LogP contribution in [-0.2, 0) is 26.1 Å². The minimum absolute atomic E-state index is 0.0235. The second kappa shape index (κ2) is 11.9. The van der Waals surface area contributed by atoms with Gasteiger partial charge in [0.15, 0.2) is 4.90 Å². The number of nitrogens with zero attached hydrogens (tertiary/aromatic N) is 3. The first-order valence-corrected chi connectivity index (χ1v) is 13.8. The summed E-state index contributed by atoms with van der Waals surface area (Å²) >= 11 is 0. The van der Waals surface area contributed by atoms with Gasteiger partial charge in [0, 0.05) is 24.7 Å². The topological polar surface area (TPSA) is 100.0 Å². The van der Waals surface area contributed by atoms with Gasteiger partial charge in [-0.3, -0.25) is 13.8 Å². The molecule has 39 heavy (non-hydrogen) atoms. The molecule has 4 rings (SSSR count). The summed E-state index contributed by atoms with van der Waals surface area (Å²) in [5.41, 5.74) is 0.502. The van der Waals surface area contributed by atoms with Crippen molar-refractivity contribution in [2.75, 3.05) is 24.6 Å². The summed E-state index contributed by atoms with van der Waals surface area (Å²) in [4.78, 5) is 11.6. The third-order valence-corrected chi connectivity index (χ3v) is 7.89. The van der Waals surface area contributed by atoms with E-state index in [1.165, 1.54) is 40.5 Å². The van der Waals surface area contributed by atoms with Gasteiger partial charge in [-0.15, -0.1) is 5.10 Å². The van der Waals surface area contributed by atoms with Gasteiger partial charge in [0.1, 0.15) is 23.5 Å². The number of rotatable bonds is 10. The largest absolute Gasteiger partial charge is 0.486 e. The average molecular weight is 562 g/mol. The first-order chi connectivity index (χ1) is 18.7. The number of benzene rings is 2. The molecule has 0 saturated carbocycles. The molecule has 0 bridgehead atoms. The van der Waals surface area contributed by atoms with Gasteiger partial charge in [0.05, 0.1) is 25.9 Å². The number of carbonyl (C=O) groups is 1. The van der Waals surface area contributed by atoms with Crippen LogP contribution in [0.2, 0.25) is 0 Å². The van der Waals surface area contributed by atoms with Crippen molar-refractivity contribution < 1.29 is 36.2 Å². The lowest BCUT2D eigenvalue weighted by molar-refractivity contribution is -0.141. The van der Waals surface area contributed by atoms with Crippen LogP contribution in [0.25, 0.3) is 12.2 Å². The van der Waals surface area contributed by atoms with Gasteiger partial charge in [0.2, 0.25) is 0 Å². The maximum absolute atomic E-state index is 14.1. The smallest absolute Gasteiger partial charge is 0.305 e. The van der Waals surface area contributed by atoms with E-state index in [0.717, 1.165) is 12.1 Å². The normalized spacial score (nSPS) is 15.2. The molecule has 12 heteroatoms. The Labute approximate surface area is 225 Å². The lowest BCUT2D eigenvalue weighted by Crippen LogP contribution is -2.43. The van der Waals surface area contributed by atoms with E-state index in [9.17, 15) is 22.0 Å². The van der Waals surface area contributed by atoms with E-state index in [1.54, 1.807) is 25.1 Å². The molecule has 1 aliphatic rings. The number of sulfonamides is 1. The summed E-state index contributed by atoms with van der Waals surface area (Å²) in [6.45, 7) is 4.10. The lowest BCUT2D eigenvalue weighted by atomic mass is 10.1. The monoisotopic (exact) mass is 561 g/mol. The van der Waals surface area contributed by atoms with Crippen LogP contribution < -0.4 is 13.8 Å². The highest BCUT2D eigenvalue weighted by Crippen LogP contribution is 2.40. The van der Waals surface area contributed by atoms with Gasteiger partial charge < -0.3 is 14.2 Å². The van der Waals surface area contributed by atoms with Gasteiger partial charge in [0.25, 0.3) is 15.9 Å². The SMILES string of the molecule is CCOc1nn(CC)cc1S(=O)(=O)N1CC(CCC(=O)OC)Oc2ccc(/C=C/c3c(F)cccc3F)cc21. The summed E-state index contributed by atoms with van der Waals surface area (Å²) in [5, 5.41) is 4.24. The van der Waals surface area contributed by atoms with Crippen molar-refractivity contribution >= 4 is 33.8 Å². The summed E-state index contributed by atoms with van der Waals surface area (Å²) in [5.74, 6) is -1.63. The quantitative estimate of drug-likeness (QED) is 0.262. The maximum atomic E-state index is 14.1. The molecule has 9 nitrogen and oxygen atoms in total. The molecule has 0 saturated heterocycles. The van der Waals surface area contributed by atoms with Crippen molar-refractivity contribution in [3.8, 4) is 11.6 Å². The Balaban J connectivity index is 1.76. The fourth-order valence-electron chi connectivity index (χ4n) is 4.12. The van der Waals surface area contributed by atoms with Gasteiger partial charge >= 0.3 is 5.97 Å². The molecular weight excluding hydrogens is 532 g/mol. The number of esters is 1. The maximum Gasteiger partial charge on any atom is 0.305 e. The Morgan fingerprint density at radius 2 is 1.92 bits per heavy atom. The molecule has 0 N–H and O–H groups in total. The van der Waals surface area contributed by atoms with E-state index >= 15 is 0 Å². The van der Waals surface area contributed by atoms with Gasteiger partial charge in [-0.1, -0.05) is 18.2 Å². The highest BCUT2D eigenvalue weighted by Gasteiger charge is 2.37. The van der Waals surface area contributed by atoms with Crippen LogP contribution >= 0.6 is 0 Å². The van der Waals surface area contributed by atoms with E-state index < -0.39 is 33.7 Å². The number of hydrogen-bond donors (Lipinski definition) is 0. The first kappa shape index (κ1) is 28.1. The predicted molar refractivity (Wildman–Crippen MR) is 141 cm³/mol. The molecule has 2 aromatic carbocycles. The van der Waals surface area contributed by atoms with Crippen molar-refractivity contribution in [1.29, 1.82) is 0 Å². The van der Waals surface area contributed by atoms with Crippen molar-refractivity contribution in [1.82, 2.24) is 9.78 Å². The molecule has 0 amide bonds. The summed E-state index contributed by atoms with van der Waals surface area (Å²) in [6, 6.07) is 8.36. The van der Waals surface area contributed by atoms with E-state index in [2.05, 4.69) is 5.10 Å². The molecule has 2 heterocycles. The Morgan fingerprint density at radius 1 is 1.18 bits per heavy atom. The van der Waals surface area contributed by atoms with E-state index in [1.807, 2.05) is 6.92 Å². The fraction of sp³-hybridized carbons (Fsp3) is 0.333. The molecule has 208 valence electrons. The van der Waals surface area contributed by atoms with Gasteiger partial charge in [-0.2, -0.15) is 0 Å². The van der Waals surface area contributed by atoms with E-state index in [0.29, 0.717) is 12.1 Å². The number of fused-ring (bicyclic) bond motifs is 1. The fourth-order valence-corrected chi connectivity index (χ4v) is 5.70. The third-order valence-electron chi connectivity index (χ3n) is 6.12. The molecule has 1 atom stereocenters. The molecule has 1 aromatic heterocycles. The number of anilines is 1. The molecule has 0 spiro atoms. The van der Waals surface area contributed by atoms with Crippen LogP contribution in [-0.4, -0.2) is 50.5 Å². The molecule has 1 aliphatic heterocycles. The summed E-state index contributed by atoms with van der Waals surface area (Å²) < 4.78 is 75.2. The molecule has 3 aromatic rings. The summed E-state index contributed by atoms with van der Waals surface area (Å²) in [6.07, 6.45) is 3.79. The van der Waals surface area contributed by atoms with Crippen LogP contribution in [0, 0.1) is 11.6 Å². The number of ether oxygens (including phenoxy) is 3. The Bertz CT molecular complexity index is 1470. The standard InChI is InChI=1S/C27H29F2N3O6S/c1-4-31-17-25(27(30-31)37-5-2)39(34,35)32-16-19(11-14-26(33)36-3)38-24-13-10-18(15-23(24)32)9-12-20-21(28)7-6-8-22(20)29/h6-10,12-13,15,17,19H,4-5,11,14,16H2,1-3H3/b12-9+. The van der Waals surface area contributed by atoms with Crippen LogP contribution in [0.1, 0.15) is 37.8 Å². The minimum Gasteiger partial charge on any atom is -0.486 e. The number of hydrogen-bond acceptors (Lipinski definition) is 7. The second-order valence-corrected chi connectivity index (χ2v) is 10.5. The highest BCUT2D eigenvalue weighted by molar-refractivity contribution is 7.93. The van der Waals surface area contributed by atoms with Crippen molar-refractivity contribution in [2.24, 2.45) is 0 Å². The van der Waals surface area contributed by atoms with E-state index in [-0.39, 0.29) is 53.8 Å². The van der Waals surface area contributed by atoms with Crippen LogP contribution in [0.5, 0.6) is 11.6 Å². The Hall–Kier alpha value is -3.93. The minimum atomic E-state index is -4.21. The number of aromatic nitrogens is 2. The molecular formula is C27H29F2N3O6S. The number of methoxy groups -OCH3 is 1. The zero-order chi connectivity index (χ0) is 28.2. The van der Waals surface area contributed by atoms with Crippen LogP contribution in [0.15, 0.2) is 47.5 Å². The average Bonchev–Trinajstić information content (AvgIpc) is 3.35. The predicted octanol–water partition coefficient (Wildman–Crippen LogP) is 4.66. The van der Waals surface area contributed by atoms with Gasteiger partial charge in [-0.25, -0.2) is 17.2 Å². The molecule has 0 fully saturated rings. The molecule has 0 radical (unpaired) electrons. The summed E-state index contributed by atoms with van der Waals surface area (Å²) in [7, 11) is -2.93. The lowest BCUT2D eigenvalue weighted by Gasteiger charge is -2.35. The van der Waals surface area contributed by atoms with Crippen molar-refractivity contribution in [3.63, 3.8) is 0 Å². The van der Waals surface area contributed by atoms with Crippen molar-refractivity contribution in [2.45, 2.75) is 44.2 Å². The zero-order valence-electron chi connectivity index (χ0n) is 21.8. The Morgan fingerprint density at radius 3 is 2.59 bits per heavy atom. The number of carbonyl (C=O) groups excluding carboxylic acids is 1. The Kier molecular flexibility index (Phi) is 8.54. The van der Waals surface area contributed by atoms with Gasteiger partial charge in [-0.05, 0) is 56.2 Å². The third kappa shape index (κ3) is 6.06. The first-order valence-electron chi connectivity index (χ1n) is 12.4. The highest BCUT2D eigenvalue weighted by atomic mass is 32.2. The molecule has 0 aliphatic carbocycles. The van der Waals surface area contributed by atoms with Crippen LogP contribution in [0.4, 0.5) is 14.5 Å².